The Balaban J connectivity index is 1.93. The lowest BCUT2D eigenvalue weighted by Crippen LogP contribution is -2.27. The average molecular weight is 427 g/mol. The van der Waals surface area contributed by atoms with Gasteiger partial charge in [0.1, 0.15) is 16.9 Å². The number of carbonyl (C=O) groups excluding carboxylic acids is 2. The maximum Gasteiger partial charge on any atom is 0.349 e. The number of non-ortho nitro benzene ring substituents is 2. The summed E-state index contributed by atoms with van der Waals surface area (Å²) in [4.78, 5) is 56.5. The van der Waals surface area contributed by atoms with Crippen molar-refractivity contribution >= 4 is 34.2 Å². The molecule has 0 bridgehead atoms. The van der Waals surface area contributed by atoms with Crippen molar-refractivity contribution in [2.75, 3.05) is 6.54 Å². The van der Waals surface area contributed by atoms with Crippen molar-refractivity contribution in [3.05, 3.63) is 84.2 Å². The van der Waals surface area contributed by atoms with Gasteiger partial charge in [-0.05, 0) is 25.1 Å². The molecule has 0 saturated heterocycles. The molecule has 1 heterocycles. The van der Waals surface area contributed by atoms with Crippen molar-refractivity contribution in [2.24, 2.45) is 0 Å². The van der Waals surface area contributed by atoms with Gasteiger partial charge in [-0.1, -0.05) is 0 Å². The molecule has 0 saturated carbocycles. The Morgan fingerprint density at radius 1 is 1.03 bits per heavy atom. The number of nitrogens with zero attached hydrogens (tertiary/aromatic N) is 2. The SMILES string of the molecule is CCNC(=O)c1cc2ccc(OC(=O)c3cc([N+](=O)[O-])cc([N+](=O)[O-])c3)cc2oc1=O. The molecule has 31 heavy (non-hydrogen) atoms. The molecule has 12 heteroatoms. The van der Waals surface area contributed by atoms with Gasteiger partial charge in [0.2, 0.25) is 0 Å². The van der Waals surface area contributed by atoms with Gasteiger partial charge in [-0.25, -0.2) is 9.59 Å². The topological polar surface area (TPSA) is 172 Å². The Hall–Kier alpha value is -4.61. The second kappa shape index (κ2) is 8.41. The number of nitro benzene ring substituents is 2. The predicted octanol–water partition coefficient (Wildman–Crippen LogP) is 2.58. The predicted molar refractivity (Wildman–Crippen MR) is 105 cm³/mol. The molecule has 0 spiro atoms. The lowest BCUT2D eigenvalue weighted by molar-refractivity contribution is -0.394. The van der Waals surface area contributed by atoms with Gasteiger partial charge in [-0.15, -0.1) is 0 Å². The Morgan fingerprint density at radius 3 is 2.26 bits per heavy atom. The normalized spacial score (nSPS) is 10.5. The largest absolute Gasteiger partial charge is 0.423 e. The van der Waals surface area contributed by atoms with Crippen LogP contribution in [0.2, 0.25) is 0 Å². The summed E-state index contributed by atoms with van der Waals surface area (Å²) >= 11 is 0. The summed E-state index contributed by atoms with van der Waals surface area (Å²) in [6.07, 6.45) is 0. The van der Waals surface area contributed by atoms with Crippen LogP contribution in [0.3, 0.4) is 0 Å². The minimum absolute atomic E-state index is 0.0216. The number of benzene rings is 2. The fourth-order valence-electron chi connectivity index (χ4n) is 2.66. The first kappa shape index (κ1) is 21.1. The first-order chi connectivity index (χ1) is 14.7. The third-order valence-corrected chi connectivity index (χ3v) is 4.06. The number of amides is 1. The molecular weight excluding hydrogens is 414 g/mol. The van der Waals surface area contributed by atoms with E-state index in [0.717, 1.165) is 12.1 Å². The molecule has 12 nitrogen and oxygen atoms in total. The molecule has 0 aliphatic carbocycles. The monoisotopic (exact) mass is 427 g/mol. The highest BCUT2D eigenvalue weighted by Gasteiger charge is 2.21. The van der Waals surface area contributed by atoms with Crippen molar-refractivity contribution in [3.8, 4) is 5.75 Å². The van der Waals surface area contributed by atoms with Crippen LogP contribution in [-0.2, 0) is 0 Å². The zero-order valence-corrected chi connectivity index (χ0v) is 15.8. The maximum absolute atomic E-state index is 12.4. The third kappa shape index (κ3) is 4.53. The third-order valence-electron chi connectivity index (χ3n) is 4.06. The van der Waals surface area contributed by atoms with Gasteiger partial charge in [-0.2, -0.15) is 0 Å². The molecule has 0 fully saturated rings. The second-order valence-electron chi connectivity index (χ2n) is 6.15. The number of nitrogens with one attached hydrogen (secondary N) is 1. The highest BCUT2D eigenvalue weighted by molar-refractivity contribution is 5.97. The van der Waals surface area contributed by atoms with Gasteiger partial charge in [0.15, 0.2) is 0 Å². The maximum atomic E-state index is 12.4. The highest BCUT2D eigenvalue weighted by Crippen LogP contribution is 2.25. The summed E-state index contributed by atoms with van der Waals surface area (Å²) < 4.78 is 10.2. The highest BCUT2D eigenvalue weighted by atomic mass is 16.6. The molecule has 0 aliphatic heterocycles. The van der Waals surface area contributed by atoms with Gasteiger partial charge < -0.3 is 14.5 Å². The molecule has 0 unspecified atom stereocenters. The molecule has 3 aromatic rings. The molecular formula is C19H13N3O9. The number of carbonyl (C=O) groups is 2. The molecule has 0 aliphatic rings. The number of ether oxygens (including phenoxy) is 1. The van der Waals surface area contributed by atoms with E-state index in [4.69, 9.17) is 9.15 Å². The van der Waals surface area contributed by atoms with Crippen LogP contribution < -0.4 is 15.7 Å². The van der Waals surface area contributed by atoms with Gasteiger partial charge in [0, 0.05) is 30.1 Å². The minimum Gasteiger partial charge on any atom is -0.423 e. The van der Waals surface area contributed by atoms with Crippen LogP contribution in [0, 0.1) is 20.2 Å². The van der Waals surface area contributed by atoms with E-state index in [2.05, 4.69) is 5.32 Å². The summed E-state index contributed by atoms with van der Waals surface area (Å²) in [5, 5.41) is 24.8. The number of fused-ring (bicyclic) bond motifs is 1. The fourth-order valence-corrected chi connectivity index (χ4v) is 2.66. The van der Waals surface area contributed by atoms with Crippen LogP contribution in [0.25, 0.3) is 11.0 Å². The number of hydrogen-bond acceptors (Lipinski definition) is 9. The zero-order valence-electron chi connectivity index (χ0n) is 15.8. The van der Waals surface area contributed by atoms with Crippen molar-refractivity contribution in [1.82, 2.24) is 5.32 Å². The Bertz CT molecular complexity index is 1260. The van der Waals surface area contributed by atoms with E-state index in [1.165, 1.54) is 24.3 Å². The molecule has 1 amide bonds. The van der Waals surface area contributed by atoms with Gasteiger partial charge in [-0.3, -0.25) is 25.0 Å². The molecule has 1 N–H and O–H groups in total. The Labute approximate surface area is 172 Å². The van der Waals surface area contributed by atoms with Crippen LogP contribution >= 0.6 is 0 Å². The quantitative estimate of drug-likeness (QED) is 0.204. The molecule has 1 aromatic heterocycles. The summed E-state index contributed by atoms with van der Waals surface area (Å²) in [6.45, 7) is 2.01. The van der Waals surface area contributed by atoms with Crippen molar-refractivity contribution in [3.63, 3.8) is 0 Å². The second-order valence-corrected chi connectivity index (χ2v) is 6.15. The molecule has 0 radical (unpaired) electrons. The molecule has 158 valence electrons. The summed E-state index contributed by atoms with van der Waals surface area (Å²) in [5.74, 6) is -1.77. The van der Waals surface area contributed by atoms with E-state index < -0.39 is 44.3 Å². The number of hydrogen-bond donors (Lipinski definition) is 1. The fraction of sp³-hybridized carbons (Fsp3) is 0.105. The minimum atomic E-state index is -1.09. The summed E-state index contributed by atoms with van der Waals surface area (Å²) in [7, 11) is 0. The first-order valence-electron chi connectivity index (χ1n) is 8.71. The number of rotatable bonds is 6. The van der Waals surface area contributed by atoms with Gasteiger partial charge in [0.05, 0.1) is 21.5 Å². The Morgan fingerprint density at radius 2 is 1.68 bits per heavy atom. The van der Waals surface area contributed by atoms with Crippen LogP contribution in [0.15, 0.2) is 51.7 Å². The summed E-state index contributed by atoms with van der Waals surface area (Å²) in [6, 6.07) is 7.70. The zero-order chi connectivity index (χ0) is 22.7. The van der Waals surface area contributed by atoms with Gasteiger partial charge in [0.25, 0.3) is 17.3 Å². The number of esters is 1. The van der Waals surface area contributed by atoms with E-state index in [1.807, 2.05) is 0 Å². The van der Waals surface area contributed by atoms with Crippen LogP contribution in [-0.4, -0.2) is 28.3 Å². The van der Waals surface area contributed by atoms with E-state index in [1.54, 1.807) is 6.92 Å². The standard InChI is InChI=1S/C19H13N3O9/c1-2-20-17(23)15-7-10-3-4-14(9-16(10)31-19(15)25)30-18(24)11-5-12(21(26)27)8-13(6-11)22(28)29/h3-9H,2H2,1H3,(H,20,23). The lowest BCUT2D eigenvalue weighted by atomic mass is 10.1. The van der Waals surface area contributed by atoms with E-state index in [9.17, 15) is 34.6 Å². The van der Waals surface area contributed by atoms with Crippen LogP contribution in [0.5, 0.6) is 5.75 Å². The van der Waals surface area contributed by atoms with Gasteiger partial charge >= 0.3 is 11.6 Å². The average Bonchev–Trinajstić information content (AvgIpc) is 2.72. The van der Waals surface area contributed by atoms with E-state index in [-0.39, 0.29) is 16.9 Å². The smallest absolute Gasteiger partial charge is 0.349 e. The molecule has 2 aromatic carbocycles. The summed E-state index contributed by atoms with van der Waals surface area (Å²) in [5.41, 5.74) is -2.77. The Kier molecular flexibility index (Phi) is 5.72. The van der Waals surface area contributed by atoms with Crippen molar-refractivity contribution in [2.45, 2.75) is 6.92 Å². The van der Waals surface area contributed by atoms with Crippen LogP contribution in [0.1, 0.15) is 27.6 Å². The van der Waals surface area contributed by atoms with E-state index >= 15 is 0 Å². The van der Waals surface area contributed by atoms with Crippen molar-refractivity contribution < 1.29 is 28.6 Å². The first-order valence-corrected chi connectivity index (χ1v) is 8.71. The molecule has 0 atom stereocenters. The van der Waals surface area contributed by atoms with Crippen LogP contribution in [0.4, 0.5) is 11.4 Å². The number of nitro groups is 2. The van der Waals surface area contributed by atoms with Crippen molar-refractivity contribution in [1.29, 1.82) is 0 Å². The molecule has 3 rings (SSSR count). The van der Waals surface area contributed by atoms with E-state index in [0.29, 0.717) is 18.0 Å². The lowest BCUT2D eigenvalue weighted by Gasteiger charge is -2.06.